The molecule has 1 amide bonds. The van der Waals surface area contributed by atoms with Crippen molar-refractivity contribution in [3.8, 4) is 11.5 Å². The average Bonchev–Trinajstić information content (AvgIpc) is 2.71. The Labute approximate surface area is 107 Å². The molecule has 18 heavy (non-hydrogen) atoms. The SMILES string of the molecule is CN(C)C(=O)CN(C)C1COc2cc(O)ccc21. The summed E-state index contributed by atoms with van der Waals surface area (Å²) in [5.74, 6) is 0.954. The summed E-state index contributed by atoms with van der Waals surface area (Å²) in [5, 5.41) is 9.39. The molecule has 1 heterocycles. The summed E-state index contributed by atoms with van der Waals surface area (Å²) in [6, 6.07) is 5.15. The number of phenols is 1. The van der Waals surface area contributed by atoms with Crippen LogP contribution in [0.5, 0.6) is 11.5 Å². The molecule has 0 bridgehead atoms. The Morgan fingerprint density at radius 2 is 2.17 bits per heavy atom. The quantitative estimate of drug-likeness (QED) is 0.864. The fourth-order valence-electron chi connectivity index (χ4n) is 2.01. The number of amides is 1. The molecule has 0 radical (unpaired) electrons. The van der Waals surface area contributed by atoms with E-state index < -0.39 is 0 Å². The van der Waals surface area contributed by atoms with Crippen LogP contribution in [-0.4, -0.2) is 55.1 Å². The van der Waals surface area contributed by atoms with Gasteiger partial charge in [0.1, 0.15) is 18.1 Å². The Morgan fingerprint density at radius 3 is 2.83 bits per heavy atom. The minimum atomic E-state index is 0.0597. The number of rotatable bonds is 3. The summed E-state index contributed by atoms with van der Waals surface area (Å²) in [5.41, 5.74) is 1.02. The highest BCUT2D eigenvalue weighted by Crippen LogP contribution is 2.37. The second-order valence-electron chi connectivity index (χ2n) is 4.75. The van der Waals surface area contributed by atoms with E-state index in [0.29, 0.717) is 18.9 Å². The number of hydrogen-bond acceptors (Lipinski definition) is 4. The number of aromatic hydroxyl groups is 1. The third-order valence-corrected chi connectivity index (χ3v) is 3.17. The highest BCUT2D eigenvalue weighted by Gasteiger charge is 2.28. The van der Waals surface area contributed by atoms with Gasteiger partial charge in [0.15, 0.2) is 0 Å². The van der Waals surface area contributed by atoms with Crippen LogP contribution in [0.3, 0.4) is 0 Å². The van der Waals surface area contributed by atoms with Crippen LogP contribution in [0, 0.1) is 0 Å². The molecule has 98 valence electrons. The topological polar surface area (TPSA) is 53.0 Å². The van der Waals surface area contributed by atoms with Crippen molar-refractivity contribution in [1.29, 1.82) is 0 Å². The van der Waals surface area contributed by atoms with E-state index in [-0.39, 0.29) is 17.7 Å². The molecule has 0 spiro atoms. The van der Waals surface area contributed by atoms with Gasteiger partial charge in [0.2, 0.25) is 5.91 Å². The van der Waals surface area contributed by atoms with E-state index in [0.717, 1.165) is 5.56 Å². The molecule has 1 aromatic carbocycles. The minimum Gasteiger partial charge on any atom is -0.508 e. The second kappa shape index (κ2) is 4.86. The van der Waals surface area contributed by atoms with Gasteiger partial charge >= 0.3 is 0 Å². The van der Waals surface area contributed by atoms with Crippen molar-refractivity contribution >= 4 is 5.91 Å². The minimum absolute atomic E-state index is 0.0597. The van der Waals surface area contributed by atoms with Crippen molar-refractivity contribution in [1.82, 2.24) is 9.80 Å². The van der Waals surface area contributed by atoms with Gasteiger partial charge in [0.05, 0.1) is 12.6 Å². The van der Waals surface area contributed by atoms with Crippen LogP contribution in [0.1, 0.15) is 11.6 Å². The maximum absolute atomic E-state index is 11.7. The molecular formula is C13H18N2O3. The molecule has 5 nitrogen and oxygen atoms in total. The van der Waals surface area contributed by atoms with Crippen molar-refractivity contribution in [2.45, 2.75) is 6.04 Å². The number of phenolic OH excluding ortho intramolecular Hbond substituents is 1. The van der Waals surface area contributed by atoms with E-state index in [9.17, 15) is 9.90 Å². The molecule has 1 aliphatic heterocycles. The van der Waals surface area contributed by atoms with Gasteiger partial charge in [-0.15, -0.1) is 0 Å². The standard InChI is InChI=1S/C13H18N2O3/c1-14(2)13(17)7-15(3)11-8-18-12-6-9(16)4-5-10(11)12/h4-6,11,16H,7-8H2,1-3H3. The lowest BCUT2D eigenvalue weighted by atomic mass is 10.1. The van der Waals surface area contributed by atoms with Crippen molar-refractivity contribution in [3.05, 3.63) is 23.8 Å². The van der Waals surface area contributed by atoms with Gasteiger partial charge in [-0.2, -0.15) is 0 Å². The third-order valence-electron chi connectivity index (χ3n) is 3.17. The lowest BCUT2D eigenvalue weighted by molar-refractivity contribution is -0.130. The Morgan fingerprint density at radius 1 is 1.44 bits per heavy atom. The average molecular weight is 250 g/mol. The Hall–Kier alpha value is -1.75. The molecule has 5 heteroatoms. The first kappa shape index (κ1) is 12.7. The zero-order chi connectivity index (χ0) is 13.3. The first-order chi connectivity index (χ1) is 8.49. The zero-order valence-corrected chi connectivity index (χ0v) is 10.9. The molecule has 1 aliphatic rings. The monoisotopic (exact) mass is 250 g/mol. The van der Waals surface area contributed by atoms with E-state index in [1.54, 1.807) is 31.1 Å². The first-order valence-corrected chi connectivity index (χ1v) is 5.85. The molecule has 1 atom stereocenters. The summed E-state index contributed by atoms with van der Waals surface area (Å²) < 4.78 is 5.53. The fraction of sp³-hybridized carbons (Fsp3) is 0.462. The molecule has 2 rings (SSSR count). The summed E-state index contributed by atoms with van der Waals surface area (Å²) in [4.78, 5) is 15.2. The molecule has 0 saturated carbocycles. The highest BCUT2D eigenvalue weighted by atomic mass is 16.5. The van der Waals surface area contributed by atoms with Gasteiger partial charge < -0.3 is 14.7 Å². The smallest absolute Gasteiger partial charge is 0.236 e. The van der Waals surface area contributed by atoms with Crippen LogP contribution in [-0.2, 0) is 4.79 Å². The van der Waals surface area contributed by atoms with Gasteiger partial charge in [-0.1, -0.05) is 0 Å². The molecule has 1 N–H and O–H groups in total. The molecule has 1 unspecified atom stereocenters. The van der Waals surface area contributed by atoms with Crippen molar-refractivity contribution in [3.63, 3.8) is 0 Å². The van der Waals surface area contributed by atoms with Crippen LogP contribution in [0.2, 0.25) is 0 Å². The number of carbonyl (C=O) groups is 1. The number of hydrogen-bond donors (Lipinski definition) is 1. The predicted octanol–water partition coefficient (Wildman–Crippen LogP) is 0.846. The maximum Gasteiger partial charge on any atom is 0.236 e. The Balaban J connectivity index is 2.11. The van der Waals surface area contributed by atoms with E-state index in [1.807, 2.05) is 18.0 Å². The Kier molecular flexibility index (Phi) is 3.43. The van der Waals surface area contributed by atoms with Crippen LogP contribution in [0.25, 0.3) is 0 Å². The normalized spacial score (nSPS) is 17.4. The second-order valence-corrected chi connectivity index (χ2v) is 4.75. The number of ether oxygens (including phenoxy) is 1. The molecule has 0 aliphatic carbocycles. The molecule has 0 aromatic heterocycles. The van der Waals surface area contributed by atoms with Gasteiger partial charge in [0.25, 0.3) is 0 Å². The number of fused-ring (bicyclic) bond motifs is 1. The first-order valence-electron chi connectivity index (χ1n) is 5.85. The van der Waals surface area contributed by atoms with Crippen molar-refractivity contribution < 1.29 is 14.6 Å². The summed E-state index contributed by atoms with van der Waals surface area (Å²) in [6.45, 7) is 0.858. The van der Waals surface area contributed by atoms with Crippen LogP contribution >= 0.6 is 0 Å². The van der Waals surface area contributed by atoms with Crippen LogP contribution in [0.4, 0.5) is 0 Å². The summed E-state index contributed by atoms with van der Waals surface area (Å²) in [6.07, 6.45) is 0. The van der Waals surface area contributed by atoms with Gasteiger partial charge in [-0.25, -0.2) is 0 Å². The zero-order valence-electron chi connectivity index (χ0n) is 10.9. The molecule has 0 saturated heterocycles. The maximum atomic E-state index is 11.7. The fourth-order valence-corrected chi connectivity index (χ4v) is 2.01. The Bertz CT molecular complexity index is 460. The molecule has 0 fully saturated rings. The van der Waals surface area contributed by atoms with Gasteiger partial charge in [-0.05, 0) is 19.2 Å². The van der Waals surface area contributed by atoms with E-state index in [4.69, 9.17) is 4.74 Å². The lowest BCUT2D eigenvalue weighted by Gasteiger charge is -2.24. The lowest BCUT2D eigenvalue weighted by Crippen LogP contribution is -2.37. The number of likely N-dealkylation sites (N-methyl/N-ethyl adjacent to an activating group) is 2. The number of nitrogens with zero attached hydrogens (tertiary/aromatic N) is 2. The summed E-state index contributed by atoms with van der Waals surface area (Å²) >= 11 is 0. The molecule has 1 aromatic rings. The van der Waals surface area contributed by atoms with E-state index in [2.05, 4.69) is 0 Å². The third kappa shape index (κ3) is 2.41. The van der Waals surface area contributed by atoms with E-state index >= 15 is 0 Å². The van der Waals surface area contributed by atoms with Gasteiger partial charge in [0, 0.05) is 25.7 Å². The molecular weight excluding hydrogens is 232 g/mol. The largest absolute Gasteiger partial charge is 0.508 e. The van der Waals surface area contributed by atoms with Crippen molar-refractivity contribution in [2.24, 2.45) is 0 Å². The van der Waals surface area contributed by atoms with Gasteiger partial charge in [-0.3, -0.25) is 9.69 Å². The van der Waals surface area contributed by atoms with Crippen molar-refractivity contribution in [2.75, 3.05) is 34.3 Å². The number of benzene rings is 1. The van der Waals surface area contributed by atoms with Crippen LogP contribution < -0.4 is 4.74 Å². The summed E-state index contributed by atoms with van der Waals surface area (Å²) in [7, 11) is 5.39. The predicted molar refractivity (Wildman–Crippen MR) is 67.7 cm³/mol. The van der Waals surface area contributed by atoms with Crippen LogP contribution in [0.15, 0.2) is 18.2 Å². The number of carbonyl (C=O) groups excluding carboxylic acids is 1. The van der Waals surface area contributed by atoms with E-state index in [1.165, 1.54) is 0 Å². The highest BCUT2D eigenvalue weighted by molar-refractivity contribution is 5.77.